The van der Waals surface area contributed by atoms with Gasteiger partial charge in [-0.05, 0) is 36.6 Å². The highest BCUT2D eigenvalue weighted by molar-refractivity contribution is 5.63. The lowest BCUT2D eigenvalue weighted by Gasteiger charge is -2.22. The van der Waals surface area contributed by atoms with Crippen LogP contribution in [0.15, 0.2) is 54.6 Å². The predicted octanol–water partition coefficient (Wildman–Crippen LogP) is 4.43. The zero-order chi connectivity index (χ0) is 15.1. The van der Waals surface area contributed by atoms with E-state index in [1.807, 2.05) is 6.07 Å². The highest BCUT2D eigenvalue weighted by Crippen LogP contribution is 2.24. The van der Waals surface area contributed by atoms with Gasteiger partial charge in [0.1, 0.15) is 0 Å². The molecule has 2 aromatic carbocycles. The molecule has 0 radical (unpaired) electrons. The van der Waals surface area contributed by atoms with Crippen molar-refractivity contribution in [1.29, 1.82) is 0 Å². The molecule has 0 aliphatic carbocycles. The number of benzene rings is 2. The van der Waals surface area contributed by atoms with E-state index in [-0.39, 0.29) is 6.10 Å². The third-order valence-corrected chi connectivity index (χ3v) is 3.84. The van der Waals surface area contributed by atoms with E-state index in [1.165, 1.54) is 16.7 Å². The van der Waals surface area contributed by atoms with Gasteiger partial charge in [0.25, 0.3) is 0 Å². The number of hydrogen-bond acceptors (Lipinski definition) is 2. The van der Waals surface area contributed by atoms with E-state index in [0.29, 0.717) is 6.04 Å². The van der Waals surface area contributed by atoms with Crippen molar-refractivity contribution in [3.8, 4) is 11.1 Å². The molecule has 0 aliphatic rings. The molecular formula is C19H25NO. The van der Waals surface area contributed by atoms with Crippen LogP contribution in [0.25, 0.3) is 11.1 Å². The molecule has 2 aromatic rings. The van der Waals surface area contributed by atoms with Crippen molar-refractivity contribution in [2.45, 2.75) is 32.4 Å². The first-order valence-electron chi connectivity index (χ1n) is 7.66. The fourth-order valence-corrected chi connectivity index (χ4v) is 2.55. The Labute approximate surface area is 128 Å². The van der Waals surface area contributed by atoms with Crippen LogP contribution in [0, 0.1) is 0 Å². The molecule has 2 heteroatoms. The van der Waals surface area contributed by atoms with Gasteiger partial charge in [-0.15, -0.1) is 0 Å². The fraction of sp³-hybridized carbons (Fsp3) is 0.368. The lowest BCUT2D eigenvalue weighted by Crippen LogP contribution is -2.25. The van der Waals surface area contributed by atoms with Crippen molar-refractivity contribution >= 4 is 0 Å². The van der Waals surface area contributed by atoms with Gasteiger partial charge in [0.15, 0.2) is 0 Å². The average molecular weight is 283 g/mol. The van der Waals surface area contributed by atoms with Gasteiger partial charge in [-0.2, -0.15) is 0 Å². The summed E-state index contributed by atoms with van der Waals surface area (Å²) in [4.78, 5) is 0. The number of ether oxygens (including phenoxy) is 1. The van der Waals surface area contributed by atoms with E-state index in [1.54, 1.807) is 7.11 Å². The van der Waals surface area contributed by atoms with Crippen LogP contribution in [0.5, 0.6) is 0 Å². The molecule has 112 valence electrons. The molecule has 0 saturated carbocycles. The van der Waals surface area contributed by atoms with Crippen molar-refractivity contribution in [1.82, 2.24) is 5.32 Å². The summed E-state index contributed by atoms with van der Waals surface area (Å²) in [5.74, 6) is 0. The number of hydrogen-bond donors (Lipinski definition) is 1. The summed E-state index contributed by atoms with van der Waals surface area (Å²) in [7, 11) is 1.77. The Hall–Kier alpha value is -1.64. The minimum atomic E-state index is 0.253. The molecule has 0 spiro atoms. The number of nitrogens with one attached hydrogen (secondary N) is 1. The topological polar surface area (TPSA) is 21.3 Å². The van der Waals surface area contributed by atoms with Gasteiger partial charge in [0.2, 0.25) is 0 Å². The molecule has 0 bridgehead atoms. The Morgan fingerprint density at radius 2 is 1.57 bits per heavy atom. The lowest BCUT2D eigenvalue weighted by atomic mass is 9.97. The molecular weight excluding hydrogens is 258 g/mol. The standard InChI is InChI=1S/C19H25NO/c1-4-20-19(14-15(2)21-3)18-12-10-17(11-13-18)16-8-6-5-7-9-16/h5-13,15,19-20H,4,14H2,1-3H3. The molecule has 2 rings (SSSR count). The third kappa shape index (κ3) is 4.42. The number of rotatable bonds is 7. The molecule has 0 fully saturated rings. The van der Waals surface area contributed by atoms with Crippen molar-refractivity contribution in [2.75, 3.05) is 13.7 Å². The zero-order valence-corrected chi connectivity index (χ0v) is 13.2. The van der Waals surface area contributed by atoms with Crippen LogP contribution in [-0.2, 0) is 4.74 Å². The van der Waals surface area contributed by atoms with E-state index in [9.17, 15) is 0 Å². The van der Waals surface area contributed by atoms with Crippen LogP contribution in [0.4, 0.5) is 0 Å². The lowest BCUT2D eigenvalue weighted by molar-refractivity contribution is 0.101. The second-order valence-corrected chi connectivity index (χ2v) is 5.38. The Morgan fingerprint density at radius 3 is 2.14 bits per heavy atom. The summed E-state index contributed by atoms with van der Waals surface area (Å²) in [6.45, 7) is 5.22. The van der Waals surface area contributed by atoms with Gasteiger partial charge in [-0.1, -0.05) is 61.5 Å². The van der Waals surface area contributed by atoms with E-state index >= 15 is 0 Å². The summed E-state index contributed by atoms with van der Waals surface area (Å²) in [6, 6.07) is 19.7. The normalized spacial score (nSPS) is 13.9. The molecule has 2 atom stereocenters. The minimum Gasteiger partial charge on any atom is -0.382 e. The molecule has 2 unspecified atom stereocenters. The Bertz CT molecular complexity index is 521. The van der Waals surface area contributed by atoms with Crippen molar-refractivity contribution in [2.24, 2.45) is 0 Å². The second-order valence-electron chi connectivity index (χ2n) is 5.38. The Morgan fingerprint density at radius 1 is 0.952 bits per heavy atom. The molecule has 21 heavy (non-hydrogen) atoms. The van der Waals surface area contributed by atoms with Crippen LogP contribution in [0.3, 0.4) is 0 Å². The highest BCUT2D eigenvalue weighted by atomic mass is 16.5. The molecule has 1 N–H and O–H groups in total. The maximum atomic E-state index is 5.40. The highest BCUT2D eigenvalue weighted by Gasteiger charge is 2.14. The summed E-state index contributed by atoms with van der Waals surface area (Å²) in [5.41, 5.74) is 3.84. The van der Waals surface area contributed by atoms with Gasteiger partial charge < -0.3 is 10.1 Å². The smallest absolute Gasteiger partial charge is 0.0561 e. The second kappa shape index (κ2) is 7.96. The minimum absolute atomic E-state index is 0.253. The van der Waals surface area contributed by atoms with Crippen LogP contribution >= 0.6 is 0 Å². The molecule has 0 heterocycles. The van der Waals surface area contributed by atoms with E-state index < -0.39 is 0 Å². The van der Waals surface area contributed by atoms with Gasteiger partial charge >= 0.3 is 0 Å². The summed E-state index contributed by atoms with van der Waals surface area (Å²) in [5, 5.41) is 3.54. The number of methoxy groups -OCH3 is 1. The Kier molecular flexibility index (Phi) is 5.97. The third-order valence-electron chi connectivity index (χ3n) is 3.84. The first kappa shape index (κ1) is 15.7. The average Bonchev–Trinajstić information content (AvgIpc) is 2.55. The van der Waals surface area contributed by atoms with Gasteiger partial charge in [0.05, 0.1) is 6.10 Å². The summed E-state index contributed by atoms with van der Waals surface area (Å²) in [6.07, 6.45) is 1.23. The SMILES string of the molecule is CCNC(CC(C)OC)c1ccc(-c2ccccc2)cc1. The zero-order valence-electron chi connectivity index (χ0n) is 13.2. The molecule has 0 aliphatic heterocycles. The van der Waals surface area contributed by atoms with Crippen molar-refractivity contribution < 1.29 is 4.74 Å². The monoisotopic (exact) mass is 283 g/mol. The van der Waals surface area contributed by atoms with Crippen molar-refractivity contribution in [3.05, 3.63) is 60.2 Å². The van der Waals surface area contributed by atoms with E-state index in [2.05, 4.69) is 67.7 Å². The van der Waals surface area contributed by atoms with Gasteiger partial charge in [-0.25, -0.2) is 0 Å². The van der Waals surface area contributed by atoms with Crippen molar-refractivity contribution in [3.63, 3.8) is 0 Å². The van der Waals surface area contributed by atoms with E-state index in [4.69, 9.17) is 4.74 Å². The van der Waals surface area contributed by atoms with Gasteiger partial charge in [-0.3, -0.25) is 0 Å². The largest absolute Gasteiger partial charge is 0.382 e. The first-order valence-corrected chi connectivity index (χ1v) is 7.66. The van der Waals surface area contributed by atoms with Crippen LogP contribution < -0.4 is 5.32 Å². The van der Waals surface area contributed by atoms with Gasteiger partial charge in [0, 0.05) is 13.2 Å². The Balaban J connectivity index is 2.15. The summed E-state index contributed by atoms with van der Waals surface area (Å²) >= 11 is 0. The van der Waals surface area contributed by atoms with Crippen LogP contribution in [0.2, 0.25) is 0 Å². The fourth-order valence-electron chi connectivity index (χ4n) is 2.55. The van der Waals surface area contributed by atoms with Crippen LogP contribution in [0.1, 0.15) is 31.9 Å². The van der Waals surface area contributed by atoms with Crippen LogP contribution in [-0.4, -0.2) is 19.8 Å². The quantitative estimate of drug-likeness (QED) is 0.811. The summed E-state index contributed by atoms with van der Waals surface area (Å²) < 4.78 is 5.40. The first-order chi connectivity index (χ1) is 10.2. The molecule has 0 saturated heterocycles. The maximum absolute atomic E-state index is 5.40. The predicted molar refractivity (Wildman–Crippen MR) is 89.4 cm³/mol. The van der Waals surface area contributed by atoms with E-state index in [0.717, 1.165) is 13.0 Å². The molecule has 0 amide bonds. The maximum Gasteiger partial charge on any atom is 0.0561 e. The molecule has 2 nitrogen and oxygen atoms in total. The molecule has 0 aromatic heterocycles.